The van der Waals surface area contributed by atoms with E-state index in [0.29, 0.717) is 0 Å². The Balaban J connectivity index is 4.72. The second-order valence-corrected chi connectivity index (χ2v) is 31.8. The molecule has 0 aromatic rings. The first-order chi connectivity index (χ1) is 30.3. The first-order valence-electron chi connectivity index (χ1n) is 28.6. The van der Waals surface area contributed by atoms with E-state index in [1.54, 1.807) is 0 Å². The molecule has 0 aliphatic carbocycles. The normalized spacial score (nSPS) is 12.2. The summed E-state index contributed by atoms with van der Waals surface area (Å²) in [5, 5.41) is 0. The molecule has 0 rings (SSSR count). The van der Waals surface area contributed by atoms with Crippen LogP contribution in [0.15, 0.2) is 0 Å². The van der Waals surface area contributed by atoms with Gasteiger partial charge in [0.1, 0.15) is 0 Å². The number of unbranched alkanes of at least 4 members (excludes halogenated alkanes) is 45. The van der Waals surface area contributed by atoms with E-state index < -0.39 is 30.9 Å². The van der Waals surface area contributed by atoms with Gasteiger partial charge in [-0.15, -0.1) is 0 Å². The Morgan fingerprint density at radius 3 is 0.581 bits per heavy atom. The SMILES string of the molecule is CCCCCCCCCCCCCCCCC[CH2][Sn]([CH2]CCCCCCCCCCCCCCCCC)([CH2]CCCCCCCCCCCCCCCCC)[O]C(=O)C(F)(F)F. The molecule has 0 aromatic carbocycles. The van der Waals surface area contributed by atoms with Crippen molar-refractivity contribution in [3.05, 3.63) is 0 Å². The number of rotatable bonds is 52. The van der Waals surface area contributed by atoms with E-state index in [0.717, 1.165) is 71.1 Å². The molecule has 2 nitrogen and oxygen atoms in total. The summed E-state index contributed by atoms with van der Waals surface area (Å²) in [5.74, 6) is -1.88. The molecular formula is C56H111F3O2Sn. The summed E-state index contributed by atoms with van der Waals surface area (Å²) in [5.41, 5.74) is 0. The average Bonchev–Trinajstić information content (AvgIpc) is 3.25. The molecule has 0 saturated carbocycles. The van der Waals surface area contributed by atoms with Gasteiger partial charge in [0.2, 0.25) is 0 Å². The van der Waals surface area contributed by atoms with Crippen LogP contribution in [0.5, 0.6) is 0 Å². The number of alkyl halides is 3. The monoisotopic (exact) mass is 993 g/mol. The van der Waals surface area contributed by atoms with Gasteiger partial charge in [-0.05, 0) is 0 Å². The van der Waals surface area contributed by atoms with Gasteiger partial charge < -0.3 is 0 Å². The first-order valence-corrected chi connectivity index (χ1v) is 35.8. The molecular weight excluding hydrogens is 880 g/mol. The molecule has 372 valence electrons. The second-order valence-electron chi connectivity index (χ2n) is 20.2. The summed E-state index contributed by atoms with van der Waals surface area (Å²) in [6.07, 6.45) is 57.3. The van der Waals surface area contributed by atoms with E-state index in [-0.39, 0.29) is 0 Å². The van der Waals surface area contributed by atoms with E-state index in [2.05, 4.69) is 20.8 Å². The maximum absolute atomic E-state index is 13.7. The van der Waals surface area contributed by atoms with Crippen LogP contribution in [0, 0.1) is 0 Å². The summed E-state index contributed by atoms with van der Waals surface area (Å²) in [6.45, 7) is 6.83. The molecule has 0 spiro atoms. The maximum atomic E-state index is 13.7. The molecule has 0 unspecified atom stereocenters. The number of carbonyl (C=O) groups is 1. The van der Waals surface area contributed by atoms with Crippen molar-refractivity contribution in [1.82, 2.24) is 0 Å². The van der Waals surface area contributed by atoms with Crippen LogP contribution in [-0.4, -0.2) is 30.9 Å². The molecule has 62 heavy (non-hydrogen) atoms. The molecule has 0 bridgehead atoms. The van der Waals surface area contributed by atoms with Crippen molar-refractivity contribution in [2.45, 2.75) is 348 Å². The van der Waals surface area contributed by atoms with Crippen LogP contribution in [0.3, 0.4) is 0 Å². The van der Waals surface area contributed by atoms with Crippen LogP contribution in [0.4, 0.5) is 13.2 Å². The fourth-order valence-corrected chi connectivity index (χ4v) is 21.9. The van der Waals surface area contributed by atoms with Crippen molar-refractivity contribution in [3.8, 4) is 0 Å². The Bertz CT molecular complexity index is 791. The third-order valence-corrected chi connectivity index (χ3v) is 26.6. The van der Waals surface area contributed by atoms with Crippen LogP contribution >= 0.6 is 0 Å². The van der Waals surface area contributed by atoms with Crippen LogP contribution < -0.4 is 0 Å². The van der Waals surface area contributed by atoms with E-state index in [9.17, 15) is 18.0 Å². The van der Waals surface area contributed by atoms with Crippen molar-refractivity contribution >= 4 is 24.8 Å². The third kappa shape index (κ3) is 45.2. The predicted octanol–water partition coefficient (Wildman–Crippen LogP) is 21.8. The summed E-state index contributed by atoms with van der Waals surface area (Å²) >= 11 is -3.82. The van der Waals surface area contributed by atoms with Gasteiger partial charge in [-0.2, -0.15) is 0 Å². The molecule has 0 aliphatic rings. The standard InChI is InChI=1S/3C18H37.C2HF3O2.Sn/c3*1-3-5-7-9-11-13-15-17-18-16-14-12-10-8-6-4-2;3-2(4,5)1(6)7;/h3*1,3-18H2,2H3;(H,6,7);/q;;;;+1/p-1. The van der Waals surface area contributed by atoms with Crippen molar-refractivity contribution in [1.29, 1.82) is 0 Å². The zero-order valence-electron chi connectivity index (χ0n) is 42.5. The molecule has 0 heterocycles. The van der Waals surface area contributed by atoms with Gasteiger partial charge in [0.05, 0.1) is 0 Å². The van der Waals surface area contributed by atoms with Gasteiger partial charge >= 0.3 is 277 Å². The molecule has 0 atom stereocenters. The van der Waals surface area contributed by atoms with Crippen molar-refractivity contribution < 1.29 is 21.0 Å². The third-order valence-electron chi connectivity index (χ3n) is 14.0. The van der Waals surface area contributed by atoms with E-state index in [1.165, 1.54) is 250 Å². The van der Waals surface area contributed by atoms with Crippen molar-refractivity contribution in [2.24, 2.45) is 0 Å². The first kappa shape index (κ1) is 62.1. The molecule has 6 heteroatoms. The number of hydrogen-bond acceptors (Lipinski definition) is 2. The zero-order valence-corrected chi connectivity index (χ0v) is 45.4. The van der Waals surface area contributed by atoms with Crippen molar-refractivity contribution in [3.63, 3.8) is 0 Å². The summed E-state index contributed by atoms with van der Waals surface area (Å²) in [4.78, 5) is 12.5. The van der Waals surface area contributed by atoms with Crippen LogP contribution in [-0.2, 0) is 7.87 Å². The van der Waals surface area contributed by atoms with Gasteiger partial charge in [0.25, 0.3) is 0 Å². The predicted molar refractivity (Wildman–Crippen MR) is 271 cm³/mol. The molecule has 0 N–H and O–H groups in total. The molecule has 0 aromatic heterocycles. The minimum atomic E-state index is -4.89. The molecule has 0 fully saturated rings. The van der Waals surface area contributed by atoms with E-state index in [4.69, 9.17) is 3.07 Å². The summed E-state index contributed by atoms with van der Waals surface area (Å²) in [7, 11) is 0. The summed E-state index contributed by atoms with van der Waals surface area (Å²) < 4.78 is 49.4. The Kier molecular flexibility index (Phi) is 49.0. The quantitative estimate of drug-likeness (QED) is 0.0448. The fourth-order valence-electron chi connectivity index (χ4n) is 9.77. The Morgan fingerprint density at radius 1 is 0.290 bits per heavy atom. The van der Waals surface area contributed by atoms with Crippen molar-refractivity contribution in [2.75, 3.05) is 0 Å². The Hall–Kier alpha value is 0.0587. The molecule has 0 aliphatic heterocycles. The summed E-state index contributed by atoms with van der Waals surface area (Å²) in [6, 6.07) is 0. The zero-order chi connectivity index (χ0) is 45.3. The van der Waals surface area contributed by atoms with Gasteiger partial charge in [-0.3, -0.25) is 0 Å². The number of halogens is 3. The molecule has 0 radical (unpaired) electrons. The number of hydrogen-bond donors (Lipinski definition) is 0. The fraction of sp³-hybridized carbons (Fsp3) is 0.982. The molecule has 0 saturated heterocycles. The van der Waals surface area contributed by atoms with Crippen LogP contribution in [0.25, 0.3) is 0 Å². The average molecular weight is 992 g/mol. The minimum absolute atomic E-state index is 0.784. The Morgan fingerprint density at radius 2 is 0.435 bits per heavy atom. The van der Waals surface area contributed by atoms with Crippen LogP contribution in [0.1, 0.15) is 329 Å². The van der Waals surface area contributed by atoms with Crippen LogP contribution in [0.2, 0.25) is 13.3 Å². The topological polar surface area (TPSA) is 26.3 Å². The van der Waals surface area contributed by atoms with E-state index >= 15 is 0 Å². The Labute approximate surface area is 392 Å². The second kappa shape index (κ2) is 49.0. The molecule has 0 amide bonds. The van der Waals surface area contributed by atoms with Gasteiger partial charge in [0, 0.05) is 0 Å². The van der Waals surface area contributed by atoms with E-state index in [1.807, 2.05) is 0 Å². The van der Waals surface area contributed by atoms with Gasteiger partial charge in [-0.25, -0.2) is 0 Å². The van der Waals surface area contributed by atoms with Gasteiger partial charge in [-0.1, -0.05) is 117 Å². The number of carbonyl (C=O) groups excluding carboxylic acids is 1. The van der Waals surface area contributed by atoms with Gasteiger partial charge in [0.15, 0.2) is 0 Å².